The highest BCUT2D eigenvalue weighted by molar-refractivity contribution is 7.00. The highest BCUT2D eigenvalue weighted by Gasteiger charge is 2.43. The van der Waals surface area contributed by atoms with Crippen LogP contribution in [0.2, 0.25) is 0 Å². The third-order valence-electron chi connectivity index (χ3n) is 19.2. The zero-order valence-electron chi connectivity index (χ0n) is 54.4. The van der Waals surface area contributed by atoms with Gasteiger partial charge in [0.05, 0.1) is 28.1 Å². The predicted octanol–water partition coefficient (Wildman–Crippen LogP) is 20.1. The molecule has 0 fully saturated rings. The molecular weight excluding hydrogens is 1170 g/mol. The lowest BCUT2D eigenvalue weighted by Crippen LogP contribution is -2.61. The van der Waals surface area contributed by atoms with E-state index in [1.807, 2.05) is 60.7 Å². The van der Waals surface area contributed by atoms with E-state index in [2.05, 4.69) is 292 Å². The van der Waals surface area contributed by atoms with Crippen molar-refractivity contribution < 1.29 is 0 Å². The van der Waals surface area contributed by atoms with Gasteiger partial charge in [0.15, 0.2) is 23.3 Å². The van der Waals surface area contributed by atoms with E-state index in [0.717, 1.165) is 84.0 Å². The van der Waals surface area contributed by atoms with Crippen LogP contribution in [0.25, 0.3) is 107 Å². The molecular formula is C87H67BN8. The van der Waals surface area contributed by atoms with Crippen LogP contribution in [0.15, 0.2) is 297 Å². The molecule has 0 radical (unpaired) electrons. The quantitative estimate of drug-likeness (QED) is 0.126. The number of fused-ring (bicyclic) bond motifs is 7. The van der Waals surface area contributed by atoms with E-state index < -0.39 is 0 Å². The molecule has 2 aliphatic rings. The van der Waals surface area contributed by atoms with Crippen molar-refractivity contribution in [2.24, 2.45) is 0 Å². The molecule has 0 saturated carbocycles. The van der Waals surface area contributed by atoms with Crippen molar-refractivity contribution in [3.8, 4) is 84.9 Å². The van der Waals surface area contributed by atoms with Gasteiger partial charge < -0.3 is 14.4 Å². The minimum absolute atomic E-state index is 0.0660. The highest BCUT2D eigenvalue weighted by Crippen LogP contribution is 2.46. The number of aromatic nitrogens is 6. The van der Waals surface area contributed by atoms with Gasteiger partial charge in [-0.1, -0.05) is 236 Å². The molecule has 9 heteroatoms. The van der Waals surface area contributed by atoms with Gasteiger partial charge in [0.2, 0.25) is 0 Å². The lowest BCUT2D eigenvalue weighted by Gasteiger charge is -2.44. The van der Waals surface area contributed by atoms with Gasteiger partial charge in [-0.3, -0.25) is 0 Å². The van der Waals surface area contributed by atoms with Gasteiger partial charge in [0.25, 0.3) is 6.71 Å². The first kappa shape index (κ1) is 58.0. The zero-order chi connectivity index (χ0) is 64.8. The van der Waals surface area contributed by atoms with Crippen molar-refractivity contribution in [1.29, 1.82) is 0 Å². The van der Waals surface area contributed by atoms with Crippen LogP contribution in [0.4, 0.5) is 34.1 Å². The molecule has 0 saturated heterocycles. The molecule has 0 amide bonds. The van der Waals surface area contributed by atoms with Crippen molar-refractivity contribution in [3.63, 3.8) is 0 Å². The van der Waals surface area contributed by atoms with Crippen LogP contribution in [-0.2, 0) is 10.8 Å². The second-order valence-corrected chi connectivity index (χ2v) is 27.3. The lowest BCUT2D eigenvalue weighted by molar-refractivity contribution is 0.590. The van der Waals surface area contributed by atoms with Crippen molar-refractivity contribution in [3.05, 3.63) is 308 Å². The number of rotatable bonds is 10. The Morgan fingerprint density at radius 2 is 0.708 bits per heavy atom. The van der Waals surface area contributed by atoms with Crippen LogP contribution in [0.1, 0.15) is 52.7 Å². The molecule has 2 aliphatic heterocycles. The molecule has 458 valence electrons. The molecule has 3 aromatic heterocycles. The van der Waals surface area contributed by atoms with E-state index in [9.17, 15) is 0 Å². The van der Waals surface area contributed by atoms with Crippen molar-refractivity contribution in [2.75, 3.05) is 9.80 Å². The molecule has 0 bridgehead atoms. The average molecular weight is 1240 g/mol. The summed E-state index contributed by atoms with van der Waals surface area (Å²) in [6.45, 7) is 13.8. The maximum atomic E-state index is 5.72. The maximum Gasteiger partial charge on any atom is 0.252 e. The topological polar surface area (TPSA) is 75.9 Å². The van der Waals surface area contributed by atoms with Gasteiger partial charge in [-0.25, -0.2) is 24.9 Å². The molecule has 0 N–H and O–H groups in total. The molecule has 15 aromatic rings. The SMILES string of the molecule is CC(C)(C)c1ccc2c(c1)c1cc(C(C)(C)C)ccc1n2-c1ccc(-c2nc(-c3ccccc3)nc(-c3ccccc3)n2)cc1-c1nc(-c2ccccc2)cc(-c2cccc(-c3ccc(N4c5ccccc5B5c6ccccc6N(c6ccccc6)c6cccc4c65)cc3)c2)n1. The van der Waals surface area contributed by atoms with Crippen LogP contribution in [0, 0.1) is 0 Å². The smallest absolute Gasteiger partial charge is 0.252 e. The Hall–Kier alpha value is -11.8. The van der Waals surface area contributed by atoms with E-state index in [-0.39, 0.29) is 17.5 Å². The Morgan fingerprint density at radius 1 is 0.281 bits per heavy atom. The number of para-hydroxylation sites is 3. The van der Waals surface area contributed by atoms with Crippen LogP contribution < -0.4 is 26.2 Å². The van der Waals surface area contributed by atoms with E-state index in [1.54, 1.807) is 0 Å². The van der Waals surface area contributed by atoms with Gasteiger partial charge in [0.1, 0.15) is 0 Å². The molecule has 17 rings (SSSR count). The molecule has 12 aromatic carbocycles. The lowest BCUT2D eigenvalue weighted by atomic mass is 9.33. The number of benzene rings is 12. The molecule has 96 heavy (non-hydrogen) atoms. The summed E-state index contributed by atoms with van der Waals surface area (Å²) in [4.78, 5) is 31.9. The summed E-state index contributed by atoms with van der Waals surface area (Å²) in [6.07, 6.45) is 0. The first-order valence-corrected chi connectivity index (χ1v) is 33.1. The summed E-state index contributed by atoms with van der Waals surface area (Å²) in [6, 6.07) is 107. The van der Waals surface area contributed by atoms with E-state index >= 15 is 0 Å². The third-order valence-corrected chi connectivity index (χ3v) is 19.2. The fraction of sp³-hybridized carbons (Fsp3) is 0.0920. The zero-order valence-corrected chi connectivity index (χ0v) is 54.4. The molecule has 8 nitrogen and oxygen atoms in total. The Kier molecular flexibility index (Phi) is 13.9. The maximum absolute atomic E-state index is 5.72. The van der Waals surface area contributed by atoms with E-state index in [4.69, 9.17) is 24.9 Å². The van der Waals surface area contributed by atoms with E-state index in [1.165, 1.54) is 61.0 Å². The van der Waals surface area contributed by atoms with Crippen molar-refractivity contribution in [1.82, 2.24) is 29.5 Å². The summed E-state index contributed by atoms with van der Waals surface area (Å²) in [5, 5.41) is 2.38. The monoisotopic (exact) mass is 1230 g/mol. The second-order valence-electron chi connectivity index (χ2n) is 27.3. The molecule has 0 atom stereocenters. The van der Waals surface area contributed by atoms with Crippen LogP contribution in [0.5, 0.6) is 0 Å². The van der Waals surface area contributed by atoms with Gasteiger partial charge in [-0.05, 0) is 153 Å². The number of hydrogen-bond donors (Lipinski definition) is 0. The predicted molar refractivity (Wildman–Crippen MR) is 399 cm³/mol. The van der Waals surface area contributed by atoms with E-state index in [0.29, 0.717) is 23.3 Å². The molecule has 0 aliphatic carbocycles. The van der Waals surface area contributed by atoms with Crippen LogP contribution >= 0.6 is 0 Å². The second kappa shape index (κ2) is 23.0. The Bertz CT molecular complexity index is 5370. The Morgan fingerprint density at radius 3 is 1.25 bits per heavy atom. The summed E-state index contributed by atoms with van der Waals surface area (Å²) < 4.78 is 2.41. The van der Waals surface area contributed by atoms with Crippen molar-refractivity contribution >= 4 is 79.0 Å². The minimum Gasteiger partial charge on any atom is -0.311 e. The summed E-state index contributed by atoms with van der Waals surface area (Å²) in [5.74, 6) is 2.27. The molecule has 0 spiro atoms. The van der Waals surface area contributed by atoms with Gasteiger partial charge in [-0.2, -0.15) is 0 Å². The summed E-state index contributed by atoms with van der Waals surface area (Å²) in [7, 11) is 0. The summed E-state index contributed by atoms with van der Waals surface area (Å²) >= 11 is 0. The fourth-order valence-corrected chi connectivity index (χ4v) is 14.3. The standard InChI is InChI=1S/C87H67BN8/c1-86(2,3)63-44-49-74-67(53-63)68-54-64(87(4,5)6)45-50-75(68)96(74)76-48-43-62(84-92-82(58-27-13-8-14-28-58)91-83(93-84)59-29-15-9-16-30-59)52-69(76)85-89-72(57-25-11-7-12-26-57)55-73(90-85)61-32-23-31-60(51-61)56-41-46-66(47-42-56)95-78-38-22-20-36-71(78)88-70-35-19-21-37-77(70)94(65-33-17-10-18-34-65)79-39-24-40-80(95)81(79)88/h7-55H,1-6H3. The highest BCUT2D eigenvalue weighted by atomic mass is 15.2. The van der Waals surface area contributed by atoms with Gasteiger partial charge >= 0.3 is 0 Å². The minimum atomic E-state index is -0.0740. The summed E-state index contributed by atoms with van der Waals surface area (Å²) in [5.41, 5.74) is 25.5. The Labute approximate surface area is 560 Å². The third kappa shape index (κ3) is 10.1. The number of hydrogen-bond acceptors (Lipinski definition) is 7. The Balaban J connectivity index is 0.826. The number of nitrogens with zero attached hydrogens (tertiary/aromatic N) is 8. The van der Waals surface area contributed by atoms with Crippen LogP contribution in [0.3, 0.4) is 0 Å². The van der Waals surface area contributed by atoms with Gasteiger partial charge in [0, 0.05) is 78.3 Å². The van der Waals surface area contributed by atoms with Crippen molar-refractivity contribution in [2.45, 2.75) is 52.4 Å². The first-order valence-electron chi connectivity index (χ1n) is 33.1. The largest absolute Gasteiger partial charge is 0.311 e. The molecule has 5 heterocycles. The average Bonchev–Trinajstić information content (AvgIpc) is 0.846. The van der Waals surface area contributed by atoms with Gasteiger partial charge in [-0.15, -0.1) is 0 Å². The number of anilines is 6. The molecule has 0 unspecified atom stereocenters. The van der Waals surface area contributed by atoms with Crippen LogP contribution in [-0.4, -0.2) is 36.2 Å². The normalized spacial score (nSPS) is 12.6. The fourth-order valence-electron chi connectivity index (χ4n) is 14.3. The first-order chi connectivity index (χ1) is 46.9.